The maximum Gasteiger partial charge on any atom is 0.276 e. The van der Waals surface area contributed by atoms with Crippen molar-refractivity contribution in [3.8, 4) is 0 Å². The molecule has 104 valence electrons. The smallest absolute Gasteiger partial charge is 0.264 e. The average Bonchev–Trinajstić information content (AvgIpc) is 2.46. The van der Waals surface area contributed by atoms with Crippen LogP contribution in [0.5, 0.6) is 0 Å². The van der Waals surface area contributed by atoms with Gasteiger partial charge in [0, 0.05) is 23.0 Å². The summed E-state index contributed by atoms with van der Waals surface area (Å²) in [6.45, 7) is 1.70. The number of nitrogens with zero attached hydrogens (tertiary/aromatic N) is 2. The third-order valence-electron chi connectivity index (χ3n) is 2.54. The number of sulfonamides is 1. The molecule has 0 atom stereocenters. The van der Waals surface area contributed by atoms with Gasteiger partial charge >= 0.3 is 0 Å². The van der Waals surface area contributed by atoms with E-state index >= 15 is 0 Å². The predicted molar refractivity (Wildman–Crippen MR) is 78.2 cm³/mol. The second-order valence-electron chi connectivity index (χ2n) is 3.99. The fraction of sp³-hybridized carbons (Fsp3) is 0.0769. The molecule has 0 saturated carbocycles. The van der Waals surface area contributed by atoms with Crippen molar-refractivity contribution in [3.05, 3.63) is 59.4 Å². The van der Waals surface area contributed by atoms with Crippen LogP contribution in [-0.2, 0) is 10.0 Å². The Labute approximate surface area is 122 Å². The van der Waals surface area contributed by atoms with Crippen LogP contribution in [0, 0.1) is 0 Å². The van der Waals surface area contributed by atoms with Crippen molar-refractivity contribution >= 4 is 27.3 Å². The summed E-state index contributed by atoms with van der Waals surface area (Å²) in [7, 11) is -3.70. The molecular weight excluding hydrogens is 298 g/mol. The van der Waals surface area contributed by atoms with Gasteiger partial charge < -0.3 is 0 Å². The number of halogens is 1. The van der Waals surface area contributed by atoms with Crippen LogP contribution < -0.4 is 4.83 Å². The third kappa shape index (κ3) is 3.55. The molecule has 0 bridgehead atoms. The Hall–Kier alpha value is -1.92. The summed E-state index contributed by atoms with van der Waals surface area (Å²) < 4.78 is 24.0. The van der Waals surface area contributed by atoms with Crippen LogP contribution in [0.4, 0.5) is 0 Å². The van der Waals surface area contributed by atoms with Gasteiger partial charge in [-0.25, -0.2) is 0 Å². The monoisotopic (exact) mass is 309 g/mol. The lowest BCUT2D eigenvalue weighted by Crippen LogP contribution is -2.19. The molecule has 20 heavy (non-hydrogen) atoms. The van der Waals surface area contributed by atoms with E-state index < -0.39 is 10.0 Å². The van der Waals surface area contributed by atoms with Crippen LogP contribution in [0.15, 0.2) is 58.8 Å². The number of pyridine rings is 1. The van der Waals surface area contributed by atoms with Gasteiger partial charge in [-0.15, -0.1) is 0 Å². The Balaban J connectivity index is 2.19. The summed E-state index contributed by atoms with van der Waals surface area (Å²) in [5, 5.41) is 4.34. The van der Waals surface area contributed by atoms with E-state index in [-0.39, 0.29) is 4.90 Å². The molecular formula is C13H12ClN3O2S. The minimum absolute atomic E-state index is 0.102. The Morgan fingerprint density at radius 3 is 2.55 bits per heavy atom. The first-order chi connectivity index (χ1) is 9.49. The molecule has 1 aromatic heterocycles. The lowest BCUT2D eigenvalue weighted by Gasteiger charge is -2.05. The van der Waals surface area contributed by atoms with Crippen molar-refractivity contribution < 1.29 is 8.42 Å². The molecule has 0 radical (unpaired) electrons. The van der Waals surface area contributed by atoms with Crippen molar-refractivity contribution in [2.24, 2.45) is 5.10 Å². The molecule has 2 rings (SSSR count). The largest absolute Gasteiger partial charge is 0.276 e. The second-order valence-corrected chi connectivity index (χ2v) is 6.08. The number of rotatable bonds is 4. The highest BCUT2D eigenvalue weighted by Crippen LogP contribution is 2.13. The Morgan fingerprint density at radius 1 is 1.25 bits per heavy atom. The first-order valence-electron chi connectivity index (χ1n) is 5.71. The number of hydrogen-bond donors (Lipinski definition) is 1. The van der Waals surface area contributed by atoms with E-state index in [0.717, 1.165) is 5.56 Å². The molecule has 1 N–H and O–H groups in total. The number of aromatic nitrogens is 1. The summed E-state index contributed by atoms with van der Waals surface area (Å²) in [4.78, 5) is 6.23. The van der Waals surface area contributed by atoms with Crippen molar-refractivity contribution in [1.29, 1.82) is 0 Å². The molecule has 0 aliphatic rings. The number of benzene rings is 1. The van der Waals surface area contributed by atoms with Crippen LogP contribution in [0.1, 0.15) is 12.5 Å². The zero-order valence-corrected chi connectivity index (χ0v) is 12.2. The highest BCUT2D eigenvalue weighted by Gasteiger charge is 2.12. The number of hydrazone groups is 1. The first-order valence-corrected chi connectivity index (χ1v) is 7.57. The van der Waals surface area contributed by atoms with E-state index in [4.69, 9.17) is 11.6 Å². The van der Waals surface area contributed by atoms with Crippen molar-refractivity contribution in [2.75, 3.05) is 0 Å². The molecule has 1 heterocycles. The van der Waals surface area contributed by atoms with Crippen LogP contribution in [0.3, 0.4) is 0 Å². The molecule has 0 fully saturated rings. The van der Waals surface area contributed by atoms with Gasteiger partial charge in [-0.05, 0) is 37.3 Å². The van der Waals surface area contributed by atoms with Gasteiger partial charge in [0.2, 0.25) is 0 Å². The van der Waals surface area contributed by atoms with E-state index in [1.807, 2.05) is 0 Å². The van der Waals surface area contributed by atoms with E-state index in [1.54, 1.807) is 31.5 Å². The van der Waals surface area contributed by atoms with E-state index in [9.17, 15) is 8.42 Å². The molecule has 2 aromatic rings. The SMILES string of the molecule is CC(=NNS(=O)(=O)c1ccc(Cl)cc1)c1cccnc1. The van der Waals surface area contributed by atoms with Crippen LogP contribution >= 0.6 is 11.6 Å². The van der Waals surface area contributed by atoms with Gasteiger partial charge in [0.25, 0.3) is 10.0 Å². The van der Waals surface area contributed by atoms with Crippen molar-refractivity contribution in [1.82, 2.24) is 9.82 Å². The number of nitrogens with one attached hydrogen (secondary N) is 1. The topological polar surface area (TPSA) is 71.4 Å². The van der Waals surface area contributed by atoms with Gasteiger partial charge in [-0.1, -0.05) is 17.7 Å². The maximum absolute atomic E-state index is 12.0. The van der Waals surface area contributed by atoms with E-state index in [2.05, 4.69) is 14.9 Å². The number of hydrogen-bond acceptors (Lipinski definition) is 4. The molecule has 5 nitrogen and oxygen atoms in total. The van der Waals surface area contributed by atoms with E-state index in [1.165, 1.54) is 24.3 Å². The standard InChI is InChI=1S/C13H12ClN3O2S/c1-10(11-3-2-8-15-9-11)16-17-20(18,19)13-6-4-12(14)5-7-13/h2-9,17H,1H3. The summed E-state index contributed by atoms with van der Waals surface area (Å²) in [6, 6.07) is 9.39. The average molecular weight is 310 g/mol. The zero-order chi connectivity index (χ0) is 14.6. The maximum atomic E-state index is 12.0. The normalized spacial score (nSPS) is 12.2. The summed E-state index contributed by atoms with van der Waals surface area (Å²) in [5.41, 5.74) is 1.27. The molecule has 1 aromatic carbocycles. The molecule has 0 amide bonds. The molecule has 0 aliphatic carbocycles. The van der Waals surface area contributed by atoms with Gasteiger partial charge in [0.05, 0.1) is 10.6 Å². The van der Waals surface area contributed by atoms with Gasteiger partial charge in [-0.2, -0.15) is 18.4 Å². The van der Waals surface area contributed by atoms with Crippen LogP contribution in [0.25, 0.3) is 0 Å². The lowest BCUT2D eigenvalue weighted by molar-refractivity contribution is 0.584. The Bertz CT molecular complexity index is 713. The van der Waals surface area contributed by atoms with E-state index in [0.29, 0.717) is 10.7 Å². The van der Waals surface area contributed by atoms with Crippen molar-refractivity contribution in [3.63, 3.8) is 0 Å². The lowest BCUT2D eigenvalue weighted by atomic mass is 10.2. The van der Waals surface area contributed by atoms with Gasteiger partial charge in [-0.3, -0.25) is 4.98 Å². The molecule has 0 saturated heterocycles. The van der Waals surface area contributed by atoms with Gasteiger partial charge in [0.15, 0.2) is 0 Å². The highest BCUT2D eigenvalue weighted by molar-refractivity contribution is 7.89. The fourth-order valence-corrected chi connectivity index (χ4v) is 2.42. The molecule has 7 heteroatoms. The molecule has 0 spiro atoms. The predicted octanol–water partition coefficient (Wildman–Crippen LogP) is 2.44. The summed E-state index contributed by atoms with van der Waals surface area (Å²) >= 11 is 5.72. The molecule has 0 aliphatic heterocycles. The zero-order valence-electron chi connectivity index (χ0n) is 10.6. The van der Waals surface area contributed by atoms with Crippen LogP contribution in [0.2, 0.25) is 5.02 Å². The quantitative estimate of drug-likeness (QED) is 0.696. The summed E-state index contributed by atoms with van der Waals surface area (Å²) in [6.07, 6.45) is 3.24. The third-order valence-corrected chi connectivity index (χ3v) is 4.01. The summed E-state index contributed by atoms with van der Waals surface area (Å²) in [5.74, 6) is 0. The Morgan fingerprint density at radius 2 is 1.95 bits per heavy atom. The Kier molecular flexibility index (Phi) is 4.36. The minimum Gasteiger partial charge on any atom is -0.264 e. The minimum atomic E-state index is -3.70. The van der Waals surface area contributed by atoms with Crippen molar-refractivity contribution in [2.45, 2.75) is 11.8 Å². The second kappa shape index (κ2) is 6.02. The fourth-order valence-electron chi connectivity index (χ4n) is 1.44. The highest BCUT2D eigenvalue weighted by atomic mass is 35.5. The first kappa shape index (κ1) is 14.5. The van der Waals surface area contributed by atoms with Crippen LogP contribution in [-0.4, -0.2) is 19.1 Å². The van der Waals surface area contributed by atoms with Gasteiger partial charge in [0.1, 0.15) is 0 Å². The molecule has 0 unspecified atom stereocenters.